The lowest BCUT2D eigenvalue weighted by Gasteiger charge is -2.48. The Morgan fingerprint density at radius 1 is 1.38 bits per heavy atom. The van der Waals surface area contributed by atoms with Gasteiger partial charge in [-0.2, -0.15) is 0 Å². The van der Waals surface area contributed by atoms with Crippen LogP contribution in [0.4, 0.5) is 4.79 Å². The minimum absolute atomic E-state index is 0.0468. The zero-order chi connectivity index (χ0) is 27.2. The number of carbonyl (C=O) groups is 3. The third kappa shape index (κ3) is 5.29. The highest BCUT2D eigenvalue weighted by Gasteiger charge is 2.60. The van der Waals surface area contributed by atoms with Gasteiger partial charge in [0.2, 0.25) is 5.91 Å². The van der Waals surface area contributed by atoms with Crippen molar-refractivity contribution in [1.29, 1.82) is 0 Å². The average Bonchev–Trinajstić information content (AvgIpc) is 3.47. The van der Waals surface area contributed by atoms with Gasteiger partial charge < -0.3 is 19.2 Å². The van der Waals surface area contributed by atoms with Crippen molar-refractivity contribution in [1.82, 2.24) is 14.8 Å². The van der Waals surface area contributed by atoms with Crippen LogP contribution in [0.15, 0.2) is 39.1 Å². The van der Waals surface area contributed by atoms with Crippen LogP contribution in [0, 0.1) is 11.8 Å². The summed E-state index contributed by atoms with van der Waals surface area (Å²) in [6, 6.07) is -0.367. The zero-order valence-electron chi connectivity index (χ0n) is 21.9. The van der Waals surface area contributed by atoms with Crippen LogP contribution < -0.4 is 0 Å². The van der Waals surface area contributed by atoms with E-state index in [1.165, 1.54) is 34.1 Å². The normalized spacial score (nSPS) is 26.1. The molecule has 0 bridgehead atoms. The van der Waals surface area contributed by atoms with E-state index in [2.05, 4.69) is 26.2 Å². The molecule has 1 fully saturated rings. The molecule has 3 aliphatic rings. The van der Waals surface area contributed by atoms with E-state index in [1.54, 1.807) is 4.90 Å². The first kappa shape index (κ1) is 27.6. The van der Waals surface area contributed by atoms with Gasteiger partial charge in [-0.1, -0.05) is 37.4 Å². The van der Waals surface area contributed by atoms with Crippen molar-refractivity contribution >= 4 is 55.0 Å². The number of carboxylic acids is 1. The summed E-state index contributed by atoms with van der Waals surface area (Å²) in [5.41, 5.74) is 1.70. The first-order valence-electron chi connectivity index (χ1n) is 12.2. The molecule has 200 valence electrons. The van der Waals surface area contributed by atoms with Crippen LogP contribution in [-0.2, 0) is 18.8 Å². The van der Waals surface area contributed by atoms with Gasteiger partial charge >= 0.3 is 12.1 Å². The topological polar surface area (TPSA) is 109 Å². The first-order chi connectivity index (χ1) is 17.3. The molecule has 4 rings (SSSR count). The average molecular weight is 564 g/mol. The number of rotatable bonds is 9. The molecule has 0 saturated carbocycles. The van der Waals surface area contributed by atoms with Gasteiger partial charge in [-0.15, -0.1) is 11.3 Å². The molecule has 1 aromatic heterocycles. The van der Waals surface area contributed by atoms with Crippen LogP contribution in [0.1, 0.15) is 26.5 Å². The summed E-state index contributed by atoms with van der Waals surface area (Å²) in [6.45, 7) is 16.1. The Kier molecular flexibility index (Phi) is 7.76. The minimum Gasteiger partial charge on any atom is -0.477 e. The lowest BCUT2D eigenvalue weighted by molar-refractivity contribution is -0.162. The van der Waals surface area contributed by atoms with E-state index >= 15 is 0 Å². The van der Waals surface area contributed by atoms with Gasteiger partial charge in [0.05, 0.1) is 36.3 Å². The molecular weight excluding hydrogens is 531 g/mol. The third-order valence-electron chi connectivity index (χ3n) is 6.68. The Morgan fingerprint density at radius 2 is 2.08 bits per heavy atom. The number of ether oxygens (including phenoxy) is 1. The number of aliphatic carboxylic acids is 1. The molecule has 3 aliphatic heterocycles. The maximum Gasteiger partial charge on any atom is 0.410 e. The van der Waals surface area contributed by atoms with Crippen LogP contribution in [0.5, 0.6) is 0 Å². The molecule has 0 aliphatic carbocycles. The van der Waals surface area contributed by atoms with Crippen molar-refractivity contribution in [2.75, 3.05) is 13.2 Å². The van der Waals surface area contributed by atoms with Crippen LogP contribution >= 0.6 is 23.1 Å². The quantitative estimate of drug-likeness (QED) is 0.263. The van der Waals surface area contributed by atoms with Crippen LogP contribution in [-0.4, -0.2) is 77.5 Å². The number of carboxylic acid groups (broad SMARTS) is 1. The fraction of sp³-hybridized carbons (Fsp3) is 0.520. The summed E-state index contributed by atoms with van der Waals surface area (Å²) in [5, 5.41) is 11.9. The molecule has 9 nitrogen and oxygen atoms in total. The van der Waals surface area contributed by atoms with Crippen molar-refractivity contribution in [3.63, 3.8) is 0 Å². The number of nitrogens with zero attached hydrogens (tertiary/aromatic N) is 3. The predicted molar refractivity (Wildman–Crippen MR) is 146 cm³/mol. The Balaban J connectivity index is 1.50. The summed E-state index contributed by atoms with van der Waals surface area (Å²) in [5.74, 6) is -1.82. The van der Waals surface area contributed by atoms with Gasteiger partial charge in [-0.3, -0.25) is 9.69 Å². The highest BCUT2D eigenvalue weighted by Crippen LogP contribution is 2.52. The van der Waals surface area contributed by atoms with Gasteiger partial charge in [-0.25, -0.2) is 14.6 Å². The van der Waals surface area contributed by atoms with E-state index in [9.17, 15) is 19.5 Å². The molecule has 1 N–H and O–H groups in total. The van der Waals surface area contributed by atoms with Crippen LogP contribution in [0.3, 0.4) is 0 Å². The molecule has 1 aromatic rings. The van der Waals surface area contributed by atoms with Crippen molar-refractivity contribution in [2.24, 2.45) is 11.8 Å². The highest BCUT2D eigenvalue weighted by atomic mass is 32.2. The van der Waals surface area contributed by atoms with E-state index in [-0.39, 0.29) is 48.2 Å². The van der Waals surface area contributed by atoms with E-state index < -0.39 is 20.4 Å². The minimum atomic E-state index is -1.87. The standard InChI is InChI=1S/C25H33N3O6S2Si/c1-8-9-33-25(32)27-11-16(10-13(27)2)17-12-35-24(26-17)36-21-14(3)19-18(15(4)34-37(5,6)7)22(29)28(19)20(21)23(30)31/h8,10,12-15,18-19H,1,9,11H2,2-7H3,(H,30,31)/t13-,14+,15+,18+,19+/m0/s1. The number of carbonyl (C=O) groups excluding carboxylic acids is 2. The Hall–Kier alpha value is -2.41. The van der Waals surface area contributed by atoms with Crippen molar-refractivity contribution < 1.29 is 28.7 Å². The lowest BCUT2D eigenvalue weighted by atomic mass is 9.79. The number of hydrogen-bond donors (Lipinski definition) is 1. The van der Waals surface area contributed by atoms with Gasteiger partial charge in [0.15, 0.2) is 12.7 Å². The molecule has 0 radical (unpaired) electrons. The molecule has 0 spiro atoms. The largest absolute Gasteiger partial charge is 0.477 e. The molecule has 5 atom stereocenters. The molecule has 1 saturated heterocycles. The summed E-state index contributed by atoms with van der Waals surface area (Å²) in [7, 11) is -1.87. The van der Waals surface area contributed by atoms with Gasteiger partial charge in [0.1, 0.15) is 12.3 Å². The Morgan fingerprint density at radius 3 is 2.70 bits per heavy atom. The van der Waals surface area contributed by atoms with Crippen LogP contribution in [0.2, 0.25) is 19.6 Å². The summed E-state index contributed by atoms with van der Waals surface area (Å²) in [4.78, 5) is 46.1. The zero-order valence-corrected chi connectivity index (χ0v) is 24.5. The predicted octanol–water partition coefficient (Wildman–Crippen LogP) is 4.66. The molecule has 2 amide bonds. The molecule has 4 heterocycles. The fourth-order valence-corrected chi connectivity index (χ4v) is 8.57. The second-order valence-corrected chi connectivity index (χ2v) is 17.1. The summed E-state index contributed by atoms with van der Waals surface area (Å²) in [6.07, 6.45) is 2.83. The lowest BCUT2D eigenvalue weighted by Crippen LogP contribution is -2.64. The van der Waals surface area contributed by atoms with E-state index in [4.69, 9.17) is 14.1 Å². The van der Waals surface area contributed by atoms with Crippen LogP contribution in [0.25, 0.3) is 5.57 Å². The number of amides is 2. The monoisotopic (exact) mass is 563 g/mol. The molecule has 0 aromatic carbocycles. The fourth-order valence-electron chi connectivity index (χ4n) is 5.19. The molecule has 12 heteroatoms. The van der Waals surface area contributed by atoms with Crippen molar-refractivity contribution in [3.05, 3.63) is 40.4 Å². The van der Waals surface area contributed by atoms with Crippen molar-refractivity contribution in [3.8, 4) is 0 Å². The smallest absolute Gasteiger partial charge is 0.410 e. The Labute approximate surface area is 226 Å². The number of thiazole rings is 1. The van der Waals surface area contributed by atoms with E-state index in [1.807, 2.05) is 32.2 Å². The van der Waals surface area contributed by atoms with E-state index in [0.717, 1.165) is 11.3 Å². The second-order valence-electron chi connectivity index (χ2n) is 10.5. The van der Waals surface area contributed by atoms with Gasteiger partial charge in [-0.05, 0) is 39.1 Å². The molecule has 0 unspecified atom stereocenters. The second kappa shape index (κ2) is 10.4. The summed E-state index contributed by atoms with van der Waals surface area (Å²) < 4.78 is 12.1. The highest BCUT2D eigenvalue weighted by molar-refractivity contribution is 8.04. The molecular formula is C25H33N3O6S2Si. The van der Waals surface area contributed by atoms with Crippen molar-refractivity contribution in [2.45, 2.75) is 62.9 Å². The number of hydrogen-bond acceptors (Lipinski definition) is 8. The maximum atomic E-state index is 13.1. The maximum absolute atomic E-state index is 13.1. The Bertz CT molecular complexity index is 1190. The number of fused-ring (bicyclic) bond motifs is 1. The number of thioether (sulfide) groups is 1. The third-order valence-corrected chi connectivity index (χ3v) is 9.98. The van der Waals surface area contributed by atoms with Gasteiger partial charge in [0.25, 0.3) is 0 Å². The number of aromatic nitrogens is 1. The summed E-state index contributed by atoms with van der Waals surface area (Å²) >= 11 is 2.72. The molecule has 37 heavy (non-hydrogen) atoms. The number of β-lactam (4-membered cyclic amide) rings is 1. The first-order valence-corrected chi connectivity index (χ1v) is 17.3. The SMILES string of the molecule is C=CCOC(=O)N1CC(c2csc(SC3=C(C(=O)O)N4C(=O)[C@H]([C@@H](C)O[Si](C)(C)C)[C@H]4[C@H]3C)n2)=C[C@@H]1C. The van der Waals surface area contributed by atoms with Gasteiger partial charge in [0, 0.05) is 16.2 Å². The van der Waals surface area contributed by atoms with E-state index in [0.29, 0.717) is 15.8 Å².